The minimum absolute atomic E-state index is 0.651. The molecular formula is C64H44N2OS. The summed E-state index contributed by atoms with van der Waals surface area (Å²) < 4.78 is 9.20. The molecule has 13 rings (SSSR count). The molecule has 0 amide bonds. The number of hydrogen-bond donors (Lipinski definition) is 0. The summed E-state index contributed by atoms with van der Waals surface area (Å²) in [5.74, 6) is 1.73. The highest BCUT2D eigenvalue weighted by Gasteiger charge is 2.52. The summed E-state index contributed by atoms with van der Waals surface area (Å²) >= 11 is 1.89. The lowest BCUT2D eigenvalue weighted by Gasteiger charge is -2.40. The van der Waals surface area contributed by atoms with Gasteiger partial charge >= 0.3 is 0 Å². The van der Waals surface area contributed by atoms with E-state index in [1.54, 1.807) is 0 Å². The van der Waals surface area contributed by atoms with Gasteiger partial charge in [-0.15, -0.1) is 11.3 Å². The number of allylic oxidation sites excluding steroid dienone is 5. The van der Waals surface area contributed by atoms with Crippen LogP contribution in [-0.4, -0.2) is 0 Å². The molecule has 0 saturated heterocycles. The van der Waals surface area contributed by atoms with Crippen LogP contribution < -0.4 is 14.5 Å². The minimum atomic E-state index is -0.651. The number of para-hydroxylation sites is 5. The SMILES string of the molecule is C=C/C=C\C1=C(C)c2c(N(c3ccccc3)c3c4ccccc4cc4c3sc3cc5ccccc5c(N(c5ccccc5)c5ccccc5)c34)cccc2C12c1ccccc1Oc1ccccc12. The Kier molecular flexibility index (Phi) is 9.31. The summed E-state index contributed by atoms with van der Waals surface area (Å²) in [6, 6.07) is 79.3. The molecule has 4 heteroatoms. The number of anilines is 6. The van der Waals surface area contributed by atoms with E-state index in [2.05, 4.69) is 254 Å². The third-order valence-corrected chi connectivity index (χ3v) is 15.2. The van der Waals surface area contributed by atoms with Gasteiger partial charge in [0.1, 0.15) is 11.5 Å². The number of fused-ring (bicyclic) bond motifs is 11. The van der Waals surface area contributed by atoms with Crippen LogP contribution in [0.15, 0.2) is 249 Å². The molecule has 0 bridgehead atoms. The zero-order valence-electron chi connectivity index (χ0n) is 37.4. The van der Waals surface area contributed by atoms with Gasteiger partial charge in [0.25, 0.3) is 0 Å². The van der Waals surface area contributed by atoms with Gasteiger partial charge < -0.3 is 14.5 Å². The molecule has 3 nitrogen and oxygen atoms in total. The van der Waals surface area contributed by atoms with Gasteiger partial charge in [-0.2, -0.15) is 0 Å². The molecule has 0 saturated carbocycles. The quantitative estimate of drug-likeness (QED) is 0.141. The van der Waals surface area contributed by atoms with Gasteiger partial charge in [-0.05, 0) is 101 Å². The van der Waals surface area contributed by atoms with Gasteiger partial charge in [0.15, 0.2) is 0 Å². The smallest absolute Gasteiger partial charge is 0.132 e. The van der Waals surface area contributed by atoms with Crippen LogP contribution >= 0.6 is 11.3 Å². The van der Waals surface area contributed by atoms with Crippen LogP contribution in [0.2, 0.25) is 0 Å². The lowest BCUT2D eigenvalue weighted by atomic mass is 9.65. The zero-order chi connectivity index (χ0) is 45.3. The molecule has 0 fully saturated rings. The molecular weight excluding hydrogens is 845 g/mol. The molecule has 10 aromatic carbocycles. The third kappa shape index (κ3) is 5.84. The van der Waals surface area contributed by atoms with Gasteiger partial charge in [0.05, 0.1) is 27.2 Å². The summed E-state index contributed by atoms with van der Waals surface area (Å²) in [7, 11) is 0. The maximum Gasteiger partial charge on any atom is 0.132 e. The number of nitrogens with zero attached hydrogens (tertiary/aromatic N) is 2. The molecule has 0 unspecified atom stereocenters. The standard InChI is InChI=1S/C64H44N2OS/c1-3-4-33-51-42(2)59-54(64(51)52-34-18-20-38-56(52)67-57-39-21-19-35-53(57)64)36-22-37-55(59)66(47-29-12-7-13-30-47)62-49-32-17-14-23-43(49)40-50-60-58(68-63(50)62)41-44-24-15-16-31-48(44)61(60)65(45-25-8-5-9-26-45)46-27-10-6-11-28-46/h3-41H,1H2,2H3/b33-4-. The van der Waals surface area contributed by atoms with Crippen LogP contribution in [0.1, 0.15) is 29.2 Å². The van der Waals surface area contributed by atoms with Crippen molar-refractivity contribution in [1.29, 1.82) is 0 Å². The molecule has 0 radical (unpaired) electrons. The van der Waals surface area contributed by atoms with Crippen LogP contribution in [0.25, 0.3) is 47.3 Å². The molecule has 1 aliphatic heterocycles. The summed E-state index contributed by atoms with van der Waals surface area (Å²) in [5.41, 5.74) is 13.2. The predicted molar refractivity (Wildman–Crippen MR) is 288 cm³/mol. The topological polar surface area (TPSA) is 15.7 Å². The Hall–Kier alpha value is -8.44. The highest BCUT2D eigenvalue weighted by Crippen LogP contribution is 2.64. The molecule has 1 spiro atoms. The fraction of sp³-hybridized carbons (Fsp3) is 0.0312. The number of thiophene rings is 1. The zero-order valence-corrected chi connectivity index (χ0v) is 38.3. The Morgan fingerprint density at radius 3 is 1.63 bits per heavy atom. The van der Waals surface area contributed by atoms with Crippen molar-refractivity contribution < 1.29 is 4.74 Å². The van der Waals surface area contributed by atoms with Crippen molar-refractivity contribution in [1.82, 2.24) is 0 Å². The van der Waals surface area contributed by atoms with E-state index in [0.29, 0.717) is 0 Å². The Morgan fingerprint density at radius 1 is 0.500 bits per heavy atom. The fourth-order valence-electron chi connectivity index (χ4n) is 11.3. The predicted octanol–water partition coefficient (Wildman–Crippen LogP) is 18.3. The van der Waals surface area contributed by atoms with Crippen LogP contribution in [0.4, 0.5) is 34.1 Å². The van der Waals surface area contributed by atoms with E-state index in [4.69, 9.17) is 4.74 Å². The number of rotatable bonds is 8. The summed E-state index contributed by atoms with van der Waals surface area (Å²) in [6.45, 7) is 6.45. The van der Waals surface area contributed by atoms with Gasteiger partial charge in [-0.1, -0.05) is 176 Å². The van der Waals surface area contributed by atoms with Crippen molar-refractivity contribution in [3.8, 4) is 11.5 Å². The van der Waals surface area contributed by atoms with Gasteiger partial charge in [-0.25, -0.2) is 0 Å². The van der Waals surface area contributed by atoms with E-state index in [-0.39, 0.29) is 0 Å². The first-order valence-electron chi connectivity index (χ1n) is 23.2. The number of benzene rings is 10. The largest absolute Gasteiger partial charge is 0.457 e. The monoisotopic (exact) mass is 888 g/mol. The fourth-order valence-corrected chi connectivity index (χ4v) is 12.6. The maximum atomic E-state index is 6.74. The number of hydrogen-bond acceptors (Lipinski definition) is 4. The second-order valence-electron chi connectivity index (χ2n) is 17.6. The molecule has 68 heavy (non-hydrogen) atoms. The van der Waals surface area contributed by atoms with E-state index in [1.807, 2.05) is 17.4 Å². The van der Waals surface area contributed by atoms with Crippen molar-refractivity contribution in [2.75, 3.05) is 9.80 Å². The van der Waals surface area contributed by atoms with E-state index in [0.717, 1.165) is 51.1 Å². The first kappa shape index (κ1) is 39.9. The highest BCUT2D eigenvalue weighted by atomic mass is 32.1. The lowest BCUT2D eigenvalue weighted by Crippen LogP contribution is -2.33. The molecule has 322 valence electrons. The average Bonchev–Trinajstić information content (AvgIpc) is 3.88. The Balaban J connectivity index is 1.17. The van der Waals surface area contributed by atoms with Gasteiger partial charge in [0.2, 0.25) is 0 Å². The lowest BCUT2D eigenvalue weighted by molar-refractivity contribution is 0.436. The summed E-state index contributed by atoms with van der Waals surface area (Å²) in [6.07, 6.45) is 6.24. The van der Waals surface area contributed by atoms with Gasteiger partial charge in [-0.3, -0.25) is 0 Å². The Morgan fingerprint density at radius 2 is 1.01 bits per heavy atom. The van der Waals surface area contributed by atoms with Crippen molar-refractivity contribution >= 4 is 92.8 Å². The van der Waals surface area contributed by atoms with Crippen molar-refractivity contribution in [2.45, 2.75) is 12.3 Å². The Bertz CT molecular complexity index is 3780. The van der Waals surface area contributed by atoms with Crippen LogP contribution in [-0.2, 0) is 5.41 Å². The molecule has 2 heterocycles. The number of ether oxygens (including phenoxy) is 1. The third-order valence-electron chi connectivity index (χ3n) is 14.0. The van der Waals surface area contributed by atoms with E-state index in [9.17, 15) is 0 Å². The highest BCUT2D eigenvalue weighted by molar-refractivity contribution is 7.26. The first-order valence-corrected chi connectivity index (χ1v) is 24.0. The first-order chi connectivity index (χ1) is 33.6. The Labute approximate surface area is 400 Å². The van der Waals surface area contributed by atoms with Gasteiger partial charge in [0, 0.05) is 60.0 Å². The minimum Gasteiger partial charge on any atom is -0.457 e. The van der Waals surface area contributed by atoms with Crippen LogP contribution in [0.5, 0.6) is 11.5 Å². The average molecular weight is 889 g/mol. The molecule has 2 aliphatic rings. The van der Waals surface area contributed by atoms with Crippen molar-refractivity contribution in [3.05, 3.63) is 271 Å². The van der Waals surface area contributed by atoms with Crippen LogP contribution in [0.3, 0.4) is 0 Å². The van der Waals surface area contributed by atoms with E-state index >= 15 is 0 Å². The normalized spacial score (nSPS) is 13.5. The second kappa shape index (κ2) is 15.9. The second-order valence-corrected chi connectivity index (χ2v) is 18.7. The maximum absolute atomic E-state index is 6.74. The molecule has 1 aromatic heterocycles. The van der Waals surface area contributed by atoms with E-state index < -0.39 is 5.41 Å². The van der Waals surface area contributed by atoms with E-state index in [1.165, 1.54) is 69.7 Å². The van der Waals surface area contributed by atoms with Crippen molar-refractivity contribution in [2.24, 2.45) is 0 Å². The van der Waals surface area contributed by atoms with Crippen LogP contribution in [0, 0.1) is 0 Å². The van der Waals surface area contributed by atoms with Crippen molar-refractivity contribution in [3.63, 3.8) is 0 Å². The molecule has 0 atom stereocenters. The summed E-state index contributed by atoms with van der Waals surface area (Å²) in [4.78, 5) is 5.01. The molecule has 0 N–H and O–H groups in total. The molecule has 1 aliphatic carbocycles. The molecule has 11 aromatic rings. The summed E-state index contributed by atoms with van der Waals surface area (Å²) in [5, 5.41) is 7.22.